The summed E-state index contributed by atoms with van der Waals surface area (Å²) in [6, 6.07) is 6.96. The van der Waals surface area contributed by atoms with Gasteiger partial charge in [0.05, 0.1) is 0 Å². The summed E-state index contributed by atoms with van der Waals surface area (Å²) in [5, 5.41) is 1.42. The summed E-state index contributed by atoms with van der Waals surface area (Å²) in [6.45, 7) is 12.3. The van der Waals surface area contributed by atoms with Crippen LogP contribution in [0.25, 0.3) is 9.40 Å². The molecule has 0 fully saturated rings. The third-order valence-corrected chi connectivity index (χ3v) is 19.4. The maximum atomic E-state index is 5.34. The number of hydrogen-bond donors (Lipinski definition) is 0. The molecule has 0 saturated heterocycles. The zero-order valence-corrected chi connectivity index (χ0v) is 20.9. The van der Waals surface area contributed by atoms with E-state index in [-0.39, 0.29) is 0 Å². The van der Waals surface area contributed by atoms with Gasteiger partial charge in [0.1, 0.15) is 0 Å². The fourth-order valence-electron chi connectivity index (χ4n) is 2.41. The van der Waals surface area contributed by atoms with E-state index >= 15 is 0 Å². The Balaban J connectivity index is 1.88. The number of methoxy groups -OCH3 is 1. The van der Waals surface area contributed by atoms with E-state index < -0.39 is 8.07 Å². The second-order valence-electron chi connectivity index (χ2n) is 7.64. The molecule has 0 atom stereocenters. The summed E-state index contributed by atoms with van der Waals surface area (Å²) in [5.41, 5.74) is 0. The Morgan fingerprint density at radius 1 is 1.12 bits per heavy atom. The zero-order chi connectivity index (χ0) is 17.7. The normalized spacial score (nSPS) is 13.0. The van der Waals surface area contributed by atoms with Crippen molar-refractivity contribution in [1.82, 2.24) is 0 Å². The fourth-order valence-corrected chi connectivity index (χ4v) is 13.6. The van der Waals surface area contributed by atoms with Crippen LogP contribution >= 0.6 is 38.6 Å². The van der Waals surface area contributed by atoms with Crippen LogP contribution in [0.5, 0.6) is 5.06 Å². The van der Waals surface area contributed by atoms with E-state index in [2.05, 4.69) is 68.0 Å². The molecular weight excluding hydrogens is 483 g/mol. The van der Waals surface area contributed by atoms with E-state index in [4.69, 9.17) is 4.74 Å². The first kappa shape index (κ1) is 18.9. The minimum atomic E-state index is -1.40. The predicted octanol–water partition coefficient (Wildman–Crippen LogP) is 6.10. The molecule has 1 nitrogen and oxygen atoms in total. The van der Waals surface area contributed by atoms with Gasteiger partial charge in [0.2, 0.25) is 0 Å². The van der Waals surface area contributed by atoms with Crippen molar-refractivity contribution < 1.29 is 4.74 Å². The standard InChI is InChI=1S/C18H23BrOS2SeSi/c1-18(2,3)24(5,6)17-9-12(19)15(23-17)8-11-7-13-14(21-11)10-16(20-4)22-13/h7,9-10H,8H2,1-6H3. The van der Waals surface area contributed by atoms with Crippen LogP contribution in [0.4, 0.5) is 0 Å². The third-order valence-electron chi connectivity index (χ3n) is 5.02. The minimum absolute atomic E-state index is 0.408. The van der Waals surface area contributed by atoms with Crippen molar-refractivity contribution in [3.05, 3.63) is 32.0 Å². The molecule has 0 spiro atoms. The van der Waals surface area contributed by atoms with E-state index in [0.717, 1.165) is 11.5 Å². The predicted molar refractivity (Wildman–Crippen MR) is 117 cm³/mol. The molecule has 3 rings (SSSR count). The van der Waals surface area contributed by atoms with Crippen molar-refractivity contribution in [2.75, 3.05) is 7.11 Å². The quantitative estimate of drug-likeness (QED) is 0.389. The van der Waals surface area contributed by atoms with Crippen LogP contribution in [0.15, 0.2) is 22.7 Å². The Morgan fingerprint density at radius 2 is 1.79 bits per heavy atom. The Hall–Kier alpha value is 0.156. The van der Waals surface area contributed by atoms with Crippen LogP contribution < -0.4 is 8.80 Å². The van der Waals surface area contributed by atoms with Crippen LogP contribution in [-0.4, -0.2) is 29.7 Å². The molecule has 0 aliphatic rings. The van der Waals surface area contributed by atoms with Gasteiger partial charge in [0, 0.05) is 0 Å². The Labute approximate surface area is 167 Å². The Morgan fingerprint density at radius 3 is 2.38 bits per heavy atom. The average molecular weight is 506 g/mol. The molecule has 3 heterocycles. The first-order valence-electron chi connectivity index (χ1n) is 7.97. The zero-order valence-electron chi connectivity index (χ0n) is 15.0. The molecular formula is C18H23BrOS2SeSi. The van der Waals surface area contributed by atoms with Gasteiger partial charge in [-0.25, -0.2) is 0 Å². The molecule has 0 aliphatic heterocycles. The van der Waals surface area contributed by atoms with Crippen LogP contribution in [-0.2, 0) is 6.42 Å². The van der Waals surface area contributed by atoms with Gasteiger partial charge in [-0.05, 0) is 0 Å². The summed E-state index contributed by atoms with van der Waals surface area (Å²) in [7, 11) is 0.346. The first-order valence-corrected chi connectivity index (χ1v) is 15.1. The molecule has 130 valence electrons. The molecule has 0 radical (unpaired) electrons. The van der Waals surface area contributed by atoms with E-state index in [1.807, 2.05) is 11.3 Å². The monoisotopic (exact) mass is 506 g/mol. The number of rotatable bonds is 4. The second kappa shape index (κ2) is 6.71. The van der Waals surface area contributed by atoms with Crippen molar-refractivity contribution >= 4 is 74.6 Å². The molecule has 0 unspecified atom stereocenters. The molecule has 0 aromatic carbocycles. The van der Waals surface area contributed by atoms with Gasteiger partial charge >= 0.3 is 169 Å². The van der Waals surface area contributed by atoms with E-state index in [9.17, 15) is 0 Å². The van der Waals surface area contributed by atoms with Crippen molar-refractivity contribution in [1.29, 1.82) is 0 Å². The molecule has 3 aromatic heterocycles. The van der Waals surface area contributed by atoms with Crippen LogP contribution in [0.3, 0.4) is 0 Å². The molecule has 24 heavy (non-hydrogen) atoms. The van der Waals surface area contributed by atoms with Crippen LogP contribution in [0.2, 0.25) is 18.1 Å². The topological polar surface area (TPSA) is 9.23 Å². The van der Waals surface area contributed by atoms with E-state index in [1.54, 1.807) is 26.9 Å². The summed E-state index contributed by atoms with van der Waals surface area (Å²) in [4.78, 5) is 1.47. The van der Waals surface area contributed by atoms with Crippen molar-refractivity contribution in [3.63, 3.8) is 0 Å². The van der Waals surface area contributed by atoms with E-state index in [1.165, 1.54) is 18.7 Å². The Bertz CT molecular complexity index is 838. The summed E-state index contributed by atoms with van der Waals surface area (Å²) in [6.07, 6.45) is 1.09. The number of fused-ring (bicyclic) bond motifs is 1. The summed E-state index contributed by atoms with van der Waals surface area (Å²) in [5.74, 6) is 0. The van der Waals surface area contributed by atoms with Crippen molar-refractivity contribution in [2.24, 2.45) is 0 Å². The van der Waals surface area contributed by atoms with Gasteiger partial charge in [0.25, 0.3) is 0 Å². The first-order chi connectivity index (χ1) is 11.1. The average Bonchev–Trinajstić information content (AvgIpc) is 3.11. The van der Waals surface area contributed by atoms with Gasteiger partial charge in [-0.3, -0.25) is 0 Å². The molecule has 0 amide bonds. The number of thiophene rings is 2. The van der Waals surface area contributed by atoms with Gasteiger partial charge in [0.15, 0.2) is 0 Å². The molecule has 0 N–H and O–H groups in total. The summed E-state index contributed by atoms with van der Waals surface area (Å²) < 4.78 is 12.7. The molecule has 6 heteroatoms. The fraction of sp³-hybridized carbons (Fsp3) is 0.444. The van der Waals surface area contributed by atoms with Crippen molar-refractivity contribution in [3.8, 4) is 5.06 Å². The molecule has 0 saturated carbocycles. The number of hydrogen-bond acceptors (Lipinski definition) is 3. The van der Waals surface area contributed by atoms with Gasteiger partial charge < -0.3 is 0 Å². The third kappa shape index (κ3) is 3.51. The van der Waals surface area contributed by atoms with Gasteiger partial charge in [-0.1, -0.05) is 0 Å². The van der Waals surface area contributed by atoms with Crippen LogP contribution in [0, 0.1) is 0 Å². The number of halogens is 1. The number of ether oxygens (including phenoxy) is 1. The van der Waals surface area contributed by atoms with E-state index in [0.29, 0.717) is 19.5 Å². The SMILES string of the molecule is COc1cc2sc(Cc3[se]c([Si](C)(C)C(C)(C)C)cc3Br)cc2s1. The maximum absolute atomic E-state index is 5.34. The molecule has 0 bridgehead atoms. The van der Waals surface area contributed by atoms with Crippen LogP contribution in [0.1, 0.15) is 30.1 Å². The van der Waals surface area contributed by atoms with Crippen molar-refractivity contribution in [2.45, 2.75) is 45.3 Å². The van der Waals surface area contributed by atoms with Gasteiger partial charge in [-0.15, -0.1) is 0 Å². The molecule has 3 aromatic rings. The van der Waals surface area contributed by atoms with Gasteiger partial charge in [-0.2, -0.15) is 0 Å². The molecule has 0 aliphatic carbocycles. The summed E-state index contributed by atoms with van der Waals surface area (Å²) >= 11 is 8.00. The second-order valence-corrected chi connectivity index (χ2v) is 19.2. The Kier molecular flexibility index (Phi) is 5.29.